The van der Waals surface area contributed by atoms with E-state index >= 15 is 0 Å². The molecular formula is C12H11N5O2. The number of nitrogens with zero attached hydrogens (tertiary/aromatic N) is 4. The van der Waals surface area contributed by atoms with Gasteiger partial charge in [0.05, 0.1) is 0 Å². The van der Waals surface area contributed by atoms with Gasteiger partial charge in [-0.05, 0) is 24.6 Å². The predicted molar refractivity (Wildman–Crippen MR) is 66.5 cm³/mol. The summed E-state index contributed by atoms with van der Waals surface area (Å²) in [5.74, 6) is -0.0246. The number of nitrogens with one attached hydrogen (secondary N) is 1. The van der Waals surface area contributed by atoms with Gasteiger partial charge in [-0.3, -0.25) is 4.98 Å². The number of carbonyl (C=O) groups is 1. The van der Waals surface area contributed by atoms with Crippen LogP contribution in [0, 0.1) is 6.92 Å². The van der Waals surface area contributed by atoms with E-state index in [0.29, 0.717) is 11.8 Å². The number of pyridine rings is 1. The first-order chi connectivity index (χ1) is 9.15. The summed E-state index contributed by atoms with van der Waals surface area (Å²) in [6.07, 6.45) is 4.95. The van der Waals surface area contributed by atoms with Gasteiger partial charge in [-0.2, -0.15) is 10.1 Å². The number of anilines is 1. The maximum Gasteiger partial charge on any atom is 0.352 e. The van der Waals surface area contributed by atoms with E-state index in [1.165, 1.54) is 0 Å². The Hall–Kier alpha value is -2.70. The van der Waals surface area contributed by atoms with Crippen LogP contribution in [0.2, 0.25) is 0 Å². The van der Waals surface area contributed by atoms with Crippen LogP contribution in [0.25, 0.3) is 0 Å². The summed E-state index contributed by atoms with van der Waals surface area (Å²) in [5.41, 5.74) is 0.947. The number of allylic oxidation sites excluding steroid dienone is 1. The lowest BCUT2D eigenvalue weighted by atomic mass is 10.1. The van der Waals surface area contributed by atoms with Crippen molar-refractivity contribution < 1.29 is 9.90 Å². The molecule has 2 aromatic heterocycles. The Kier molecular flexibility index (Phi) is 2.52. The lowest BCUT2D eigenvalue weighted by molar-refractivity contribution is -0.132. The highest BCUT2D eigenvalue weighted by atomic mass is 16.4. The van der Waals surface area contributed by atoms with Crippen LogP contribution in [0.5, 0.6) is 0 Å². The van der Waals surface area contributed by atoms with Crippen molar-refractivity contribution in [2.45, 2.75) is 13.0 Å². The van der Waals surface area contributed by atoms with E-state index in [1.807, 2.05) is 6.07 Å². The van der Waals surface area contributed by atoms with E-state index < -0.39 is 5.97 Å². The predicted octanol–water partition coefficient (Wildman–Crippen LogP) is 0.965. The summed E-state index contributed by atoms with van der Waals surface area (Å²) in [4.78, 5) is 19.4. The van der Waals surface area contributed by atoms with Crippen molar-refractivity contribution in [3.63, 3.8) is 0 Å². The molecule has 1 aliphatic rings. The largest absolute Gasteiger partial charge is 0.477 e. The first-order valence-electron chi connectivity index (χ1n) is 5.70. The first kappa shape index (κ1) is 11.4. The average molecular weight is 257 g/mol. The van der Waals surface area contributed by atoms with Crippen LogP contribution in [0.4, 0.5) is 5.95 Å². The topological polar surface area (TPSA) is 92.9 Å². The molecule has 19 heavy (non-hydrogen) atoms. The number of rotatable bonds is 2. The third kappa shape index (κ3) is 1.95. The minimum absolute atomic E-state index is 0.0914. The van der Waals surface area contributed by atoms with Crippen LogP contribution in [-0.2, 0) is 4.79 Å². The molecule has 3 rings (SSSR count). The second-order valence-corrected chi connectivity index (χ2v) is 4.17. The number of aliphatic carboxylic acids is 1. The van der Waals surface area contributed by atoms with Gasteiger partial charge >= 0.3 is 5.97 Å². The molecule has 7 heteroatoms. The minimum Gasteiger partial charge on any atom is -0.477 e. The Morgan fingerprint density at radius 2 is 2.37 bits per heavy atom. The highest BCUT2D eigenvalue weighted by molar-refractivity contribution is 5.90. The molecule has 0 fully saturated rings. The quantitative estimate of drug-likeness (QED) is 0.832. The Morgan fingerprint density at radius 3 is 3.05 bits per heavy atom. The van der Waals surface area contributed by atoms with Crippen LogP contribution in [0.3, 0.4) is 0 Å². The molecule has 0 bridgehead atoms. The van der Waals surface area contributed by atoms with Gasteiger partial charge in [0.1, 0.15) is 17.6 Å². The molecule has 1 aliphatic heterocycles. The second kappa shape index (κ2) is 4.20. The van der Waals surface area contributed by atoms with E-state index in [0.717, 1.165) is 5.56 Å². The highest BCUT2D eigenvalue weighted by Gasteiger charge is 2.26. The smallest absolute Gasteiger partial charge is 0.352 e. The van der Waals surface area contributed by atoms with Gasteiger partial charge in [0, 0.05) is 12.4 Å². The Morgan fingerprint density at radius 1 is 1.53 bits per heavy atom. The van der Waals surface area contributed by atoms with Crippen LogP contribution in [0.15, 0.2) is 36.3 Å². The lowest BCUT2D eigenvalue weighted by Crippen LogP contribution is -2.24. The van der Waals surface area contributed by atoms with E-state index in [4.69, 9.17) is 5.11 Å². The molecule has 0 aromatic carbocycles. The fourth-order valence-corrected chi connectivity index (χ4v) is 2.01. The zero-order valence-corrected chi connectivity index (χ0v) is 10.1. The van der Waals surface area contributed by atoms with Crippen LogP contribution < -0.4 is 5.32 Å². The summed E-state index contributed by atoms with van der Waals surface area (Å²) < 4.78 is 1.65. The van der Waals surface area contributed by atoms with Gasteiger partial charge < -0.3 is 10.4 Å². The van der Waals surface area contributed by atoms with E-state index in [2.05, 4.69) is 20.4 Å². The molecule has 2 N–H and O–H groups in total. The number of carboxylic acids is 1. The number of carboxylic acid groups (broad SMARTS) is 1. The second-order valence-electron chi connectivity index (χ2n) is 4.17. The minimum atomic E-state index is -1.03. The van der Waals surface area contributed by atoms with E-state index in [1.54, 1.807) is 36.1 Å². The molecule has 0 radical (unpaired) electrons. The van der Waals surface area contributed by atoms with Gasteiger partial charge in [0.15, 0.2) is 0 Å². The summed E-state index contributed by atoms with van der Waals surface area (Å²) in [7, 11) is 0. The molecule has 3 heterocycles. The van der Waals surface area contributed by atoms with Crippen molar-refractivity contribution in [3.8, 4) is 0 Å². The number of hydrogen-bond acceptors (Lipinski definition) is 5. The summed E-state index contributed by atoms with van der Waals surface area (Å²) >= 11 is 0. The fraction of sp³-hybridized carbons (Fsp3) is 0.167. The number of aryl methyl sites for hydroxylation is 1. The van der Waals surface area contributed by atoms with Gasteiger partial charge in [-0.25, -0.2) is 9.48 Å². The molecule has 7 nitrogen and oxygen atoms in total. The molecule has 1 atom stereocenters. The summed E-state index contributed by atoms with van der Waals surface area (Å²) in [6.45, 7) is 1.76. The van der Waals surface area contributed by atoms with Crippen LogP contribution in [0.1, 0.15) is 17.4 Å². The van der Waals surface area contributed by atoms with E-state index in [9.17, 15) is 4.79 Å². The van der Waals surface area contributed by atoms with Gasteiger partial charge in [0.2, 0.25) is 5.95 Å². The van der Waals surface area contributed by atoms with Gasteiger partial charge in [0.25, 0.3) is 0 Å². The molecule has 0 amide bonds. The zero-order valence-electron chi connectivity index (χ0n) is 10.1. The van der Waals surface area contributed by atoms with Gasteiger partial charge in [-0.15, -0.1) is 0 Å². The van der Waals surface area contributed by atoms with Gasteiger partial charge in [-0.1, -0.05) is 6.07 Å². The Labute approximate surface area is 108 Å². The van der Waals surface area contributed by atoms with Crippen LogP contribution in [-0.4, -0.2) is 30.8 Å². The Bertz CT molecular complexity index is 662. The number of aromatic nitrogens is 4. The molecule has 0 saturated heterocycles. The molecular weight excluding hydrogens is 246 g/mol. The van der Waals surface area contributed by atoms with Crippen molar-refractivity contribution in [1.29, 1.82) is 0 Å². The molecule has 0 spiro atoms. The SMILES string of the molecule is Cc1nc2n(n1)[C@H](c1cccnc1)C=C(C(=O)O)N2. The van der Waals surface area contributed by atoms with Crippen molar-refractivity contribution in [1.82, 2.24) is 19.7 Å². The fourth-order valence-electron chi connectivity index (χ4n) is 2.01. The standard InChI is InChI=1S/C12H11N5O2/c1-7-14-12-15-9(11(18)19)5-10(17(12)16-7)8-3-2-4-13-6-8/h2-6,10H,1H3,(H,18,19)(H,14,15,16)/t10-/m0/s1. The van der Waals surface area contributed by atoms with Crippen molar-refractivity contribution in [2.24, 2.45) is 0 Å². The zero-order chi connectivity index (χ0) is 13.4. The molecule has 0 unspecified atom stereocenters. The van der Waals surface area contributed by atoms with Crippen molar-refractivity contribution >= 4 is 11.9 Å². The molecule has 96 valence electrons. The molecule has 0 aliphatic carbocycles. The van der Waals surface area contributed by atoms with Crippen molar-refractivity contribution in [2.75, 3.05) is 5.32 Å². The maximum absolute atomic E-state index is 11.1. The molecule has 0 saturated carbocycles. The third-order valence-corrected chi connectivity index (χ3v) is 2.83. The highest BCUT2D eigenvalue weighted by Crippen LogP contribution is 2.28. The third-order valence-electron chi connectivity index (χ3n) is 2.83. The Balaban J connectivity index is 2.13. The average Bonchev–Trinajstić information content (AvgIpc) is 2.78. The number of fused-ring (bicyclic) bond motifs is 1. The molecule has 2 aromatic rings. The monoisotopic (exact) mass is 257 g/mol. The van der Waals surface area contributed by atoms with Crippen molar-refractivity contribution in [3.05, 3.63) is 47.7 Å². The van der Waals surface area contributed by atoms with Crippen LogP contribution >= 0.6 is 0 Å². The normalized spacial score (nSPS) is 17.3. The van der Waals surface area contributed by atoms with E-state index in [-0.39, 0.29) is 11.7 Å². The summed E-state index contributed by atoms with van der Waals surface area (Å²) in [6, 6.07) is 3.35. The maximum atomic E-state index is 11.1. The number of hydrogen-bond donors (Lipinski definition) is 2. The summed E-state index contributed by atoms with van der Waals surface area (Å²) in [5, 5.41) is 16.2. The lowest BCUT2D eigenvalue weighted by Gasteiger charge is -2.22. The first-order valence-corrected chi connectivity index (χ1v) is 5.70.